The molecule has 0 radical (unpaired) electrons. The molecule has 0 bridgehead atoms. The zero-order valence-corrected chi connectivity index (χ0v) is 21.8. The van der Waals surface area contributed by atoms with Crippen LogP contribution in [0.3, 0.4) is 0 Å². The van der Waals surface area contributed by atoms with Crippen LogP contribution < -0.4 is 4.74 Å². The van der Waals surface area contributed by atoms with Gasteiger partial charge in [-0.25, -0.2) is 4.79 Å². The first kappa shape index (κ1) is 25.4. The zero-order valence-electron chi connectivity index (χ0n) is 21.8. The Bertz CT molecular complexity index is 1600. The van der Waals surface area contributed by atoms with Crippen LogP contribution in [-0.4, -0.2) is 11.1 Å². The number of hydrogen-bond acceptors (Lipinski definition) is 4. The molecule has 40 heavy (non-hydrogen) atoms. The third-order valence-electron chi connectivity index (χ3n) is 7.32. The van der Waals surface area contributed by atoms with Crippen LogP contribution in [0.15, 0.2) is 157 Å². The SMILES string of the molecule is O=C(Oc1ccccc1)[C@]1(c2ccccc2)O[C@H](c2ccccc2)/C(=C(/O)c2ccccc2)[C@@H]1c1ccccc1. The molecule has 4 nitrogen and oxygen atoms in total. The molecule has 1 aliphatic rings. The van der Waals surface area contributed by atoms with Crippen molar-refractivity contribution in [2.75, 3.05) is 0 Å². The highest BCUT2D eigenvalue weighted by Gasteiger charge is 2.61. The largest absolute Gasteiger partial charge is 0.507 e. The molecule has 1 aliphatic heterocycles. The first-order valence-corrected chi connectivity index (χ1v) is 13.3. The van der Waals surface area contributed by atoms with Crippen molar-refractivity contribution in [3.8, 4) is 5.75 Å². The van der Waals surface area contributed by atoms with Gasteiger partial charge in [-0.3, -0.25) is 0 Å². The van der Waals surface area contributed by atoms with Crippen LogP contribution in [0.5, 0.6) is 5.75 Å². The van der Waals surface area contributed by atoms with Gasteiger partial charge in [-0.2, -0.15) is 0 Å². The van der Waals surface area contributed by atoms with E-state index in [1.165, 1.54) is 0 Å². The van der Waals surface area contributed by atoms with Crippen molar-refractivity contribution < 1.29 is 19.4 Å². The van der Waals surface area contributed by atoms with Crippen molar-refractivity contribution in [3.05, 3.63) is 179 Å². The van der Waals surface area contributed by atoms with Gasteiger partial charge in [0.2, 0.25) is 5.60 Å². The van der Waals surface area contributed by atoms with Gasteiger partial charge >= 0.3 is 5.97 Å². The van der Waals surface area contributed by atoms with E-state index in [1.54, 1.807) is 12.1 Å². The molecule has 0 aliphatic carbocycles. The molecule has 6 rings (SSSR count). The lowest BCUT2D eigenvalue weighted by atomic mass is 9.73. The summed E-state index contributed by atoms with van der Waals surface area (Å²) in [5.74, 6) is -0.763. The number of carbonyl (C=O) groups excluding carboxylic acids is 1. The number of esters is 1. The first-order valence-electron chi connectivity index (χ1n) is 13.3. The summed E-state index contributed by atoms with van der Waals surface area (Å²) < 4.78 is 13.0. The molecular formula is C36H28O4. The van der Waals surface area contributed by atoms with E-state index in [2.05, 4.69) is 0 Å². The molecule has 196 valence electrons. The molecule has 3 atom stereocenters. The van der Waals surface area contributed by atoms with Crippen LogP contribution in [0.1, 0.15) is 34.3 Å². The van der Waals surface area contributed by atoms with Crippen LogP contribution in [0.25, 0.3) is 5.76 Å². The molecule has 5 aromatic rings. The Morgan fingerprint density at radius 3 is 1.68 bits per heavy atom. The molecule has 4 heteroatoms. The van der Waals surface area contributed by atoms with E-state index in [0.29, 0.717) is 22.4 Å². The molecule has 0 saturated carbocycles. The van der Waals surface area contributed by atoms with Crippen molar-refractivity contribution in [2.24, 2.45) is 0 Å². The maximum Gasteiger partial charge on any atom is 0.349 e. The Morgan fingerprint density at radius 1 is 0.625 bits per heavy atom. The summed E-state index contributed by atoms with van der Waals surface area (Å²) in [6, 6.07) is 47.2. The number of aliphatic hydroxyl groups excluding tert-OH is 1. The van der Waals surface area contributed by atoms with Crippen LogP contribution in [-0.2, 0) is 15.1 Å². The average molecular weight is 525 g/mol. The molecule has 0 amide bonds. The summed E-state index contributed by atoms with van der Waals surface area (Å²) in [6.07, 6.45) is -0.727. The second-order valence-corrected chi connectivity index (χ2v) is 9.73. The Balaban J connectivity index is 1.66. The molecule has 1 saturated heterocycles. The fraction of sp³-hybridized carbons (Fsp3) is 0.0833. The molecule has 1 N–H and O–H groups in total. The number of para-hydroxylation sites is 1. The van der Waals surface area contributed by atoms with E-state index < -0.39 is 23.6 Å². The maximum absolute atomic E-state index is 14.6. The molecule has 5 aromatic carbocycles. The maximum atomic E-state index is 14.6. The second kappa shape index (κ2) is 11.0. The quantitative estimate of drug-likeness (QED) is 0.139. The summed E-state index contributed by atoms with van der Waals surface area (Å²) in [5.41, 5.74) is 1.93. The minimum absolute atomic E-state index is 0.0774. The highest BCUT2D eigenvalue weighted by molar-refractivity contribution is 5.88. The molecule has 0 spiro atoms. The predicted molar refractivity (Wildman–Crippen MR) is 156 cm³/mol. The number of aliphatic hydroxyl groups is 1. The lowest BCUT2D eigenvalue weighted by Gasteiger charge is -2.33. The Kier molecular flexibility index (Phi) is 7.00. The fourth-order valence-corrected chi connectivity index (χ4v) is 5.52. The predicted octanol–water partition coefficient (Wildman–Crippen LogP) is 8.01. The van der Waals surface area contributed by atoms with E-state index in [0.717, 1.165) is 11.1 Å². The van der Waals surface area contributed by atoms with Gasteiger partial charge in [0, 0.05) is 11.1 Å². The van der Waals surface area contributed by atoms with E-state index >= 15 is 0 Å². The van der Waals surface area contributed by atoms with Crippen LogP contribution in [0.2, 0.25) is 0 Å². The van der Waals surface area contributed by atoms with Crippen molar-refractivity contribution in [2.45, 2.75) is 17.6 Å². The van der Waals surface area contributed by atoms with E-state index in [4.69, 9.17) is 9.47 Å². The Labute approximate surface area is 233 Å². The zero-order chi connectivity index (χ0) is 27.4. The van der Waals surface area contributed by atoms with Gasteiger partial charge in [-0.05, 0) is 28.8 Å². The van der Waals surface area contributed by atoms with Gasteiger partial charge in [0.05, 0.1) is 5.92 Å². The van der Waals surface area contributed by atoms with Gasteiger partial charge in [-0.15, -0.1) is 0 Å². The average Bonchev–Trinajstić information content (AvgIpc) is 3.40. The Morgan fingerprint density at radius 2 is 1.10 bits per heavy atom. The summed E-state index contributed by atoms with van der Waals surface area (Å²) in [6.45, 7) is 0. The number of hydrogen-bond donors (Lipinski definition) is 1. The summed E-state index contributed by atoms with van der Waals surface area (Å²) in [5, 5.41) is 12.0. The van der Waals surface area contributed by atoms with E-state index in [-0.39, 0.29) is 5.76 Å². The summed E-state index contributed by atoms with van der Waals surface area (Å²) in [4.78, 5) is 14.6. The molecule has 0 aromatic heterocycles. The van der Waals surface area contributed by atoms with E-state index in [9.17, 15) is 9.90 Å². The van der Waals surface area contributed by atoms with Crippen LogP contribution in [0, 0.1) is 0 Å². The Hall–Kier alpha value is -4.93. The lowest BCUT2D eigenvalue weighted by Crippen LogP contribution is -2.43. The van der Waals surface area contributed by atoms with Crippen LogP contribution in [0.4, 0.5) is 0 Å². The van der Waals surface area contributed by atoms with Gasteiger partial charge in [0.15, 0.2) is 0 Å². The third-order valence-corrected chi connectivity index (χ3v) is 7.32. The van der Waals surface area contributed by atoms with Crippen molar-refractivity contribution in [1.29, 1.82) is 0 Å². The summed E-state index contributed by atoms with van der Waals surface area (Å²) >= 11 is 0. The van der Waals surface area contributed by atoms with Crippen molar-refractivity contribution in [1.82, 2.24) is 0 Å². The molecule has 1 heterocycles. The van der Waals surface area contributed by atoms with Crippen molar-refractivity contribution >= 4 is 11.7 Å². The smallest absolute Gasteiger partial charge is 0.349 e. The standard InChI is InChI=1S/C36H28O4/c37-33(27-18-8-2-9-19-27)31-32(26-16-6-1-7-17-26)36(29-22-12-4-13-23-29,35(38)39-30-24-14-5-15-25-30)40-34(31)28-20-10-3-11-21-28/h1-25,32,34,37H/b33-31+/t32-,34+,36+/m0/s1. The monoisotopic (exact) mass is 524 g/mol. The molecule has 0 unspecified atom stereocenters. The topological polar surface area (TPSA) is 55.8 Å². The highest BCUT2D eigenvalue weighted by Crippen LogP contribution is 2.59. The fourth-order valence-electron chi connectivity index (χ4n) is 5.52. The van der Waals surface area contributed by atoms with Gasteiger partial charge in [0.25, 0.3) is 0 Å². The summed E-state index contributed by atoms with van der Waals surface area (Å²) in [7, 11) is 0. The van der Waals surface area contributed by atoms with Gasteiger partial charge in [0.1, 0.15) is 17.6 Å². The lowest BCUT2D eigenvalue weighted by molar-refractivity contribution is -0.164. The minimum Gasteiger partial charge on any atom is -0.507 e. The number of rotatable bonds is 6. The highest BCUT2D eigenvalue weighted by atomic mass is 16.6. The van der Waals surface area contributed by atoms with Crippen molar-refractivity contribution in [3.63, 3.8) is 0 Å². The van der Waals surface area contributed by atoms with E-state index in [1.807, 2.05) is 140 Å². The number of benzene rings is 5. The molecular weight excluding hydrogens is 496 g/mol. The van der Waals surface area contributed by atoms with Gasteiger partial charge in [-0.1, -0.05) is 140 Å². The normalized spacial score (nSPS) is 21.5. The first-order chi connectivity index (χ1) is 19.7. The number of ether oxygens (including phenoxy) is 2. The molecule has 1 fully saturated rings. The third kappa shape index (κ3) is 4.59. The van der Waals surface area contributed by atoms with Crippen LogP contribution >= 0.6 is 0 Å². The minimum atomic E-state index is -1.60. The second-order valence-electron chi connectivity index (χ2n) is 9.73. The van der Waals surface area contributed by atoms with Gasteiger partial charge < -0.3 is 14.6 Å². The number of carbonyl (C=O) groups is 1.